The summed E-state index contributed by atoms with van der Waals surface area (Å²) in [5.41, 5.74) is 1.74. The summed E-state index contributed by atoms with van der Waals surface area (Å²) in [6.45, 7) is 9.93. The van der Waals surface area contributed by atoms with Crippen molar-refractivity contribution < 1.29 is 9.32 Å². The van der Waals surface area contributed by atoms with Gasteiger partial charge < -0.3 is 14.0 Å². The van der Waals surface area contributed by atoms with Gasteiger partial charge in [0.2, 0.25) is 5.91 Å². The van der Waals surface area contributed by atoms with E-state index >= 15 is 0 Å². The van der Waals surface area contributed by atoms with Gasteiger partial charge in [0.25, 0.3) is 0 Å². The highest BCUT2D eigenvalue weighted by atomic mass is 16.5. The van der Waals surface area contributed by atoms with Crippen LogP contribution >= 0.6 is 0 Å². The highest BCUT2D eigenvalue weighted by molar-refractivity contribution is 5.83. The predicted octanol–water partition coefficient (Wildman–Crippen LogP) is 1.86. The SMILES string of the molecule is Cc1noc(C)c1[C@H](C)C(=O)N1CCCN(Cc2nccn2C)CC1. The minimum atomic E-state index is -0.215. The second kappa shape index (κ2) is 7.39. The molecule has 1 amide bonds. The van der Waals surface area contributed by atoms with Gasteiger partial charge in [-0.3, -0.25) is 9.69 Å². The van der Waals surface area contributed by atoms with Crippen molar-refractivity contribution in [3.8, 4) is 0 Å². The Bertz CT molecular complexity index is 716. The number of aromatic nitrogens is 3. The van der Waals surface area contributed by atoms with Crippen molar-refractivity contribution in [2.75, 3.05) is 26.2 Å². The van der Waals surface area contributed by atoms with Crippen LogP contribution in [0.15, 0.2) is 16.9 Å². The second-order valence-electron chi connectivity index (χ2n) is 6.87. The molecule has 0 aliphatic carbocycles. The molecule has 7 heteroatoms. The van der Waals surface area contributed by atoms with Crippen LogP contribution in [0, 0.1) is 13.8 Å². The number of hydrogen-bond donors (Lipinski definition) is 0. The number of hydrogen-bond acceptors (Lipinski definition) is 5. The zero-order chi connectivity index (χ0) is 18.0. The zero-order valence-electron chi connectivity index (χ0n) is 15.5. The van der Waals surface area contributed by atoms with Crippen LogP contribution in [0.4, 0.5) is 0 Å². The molecule has 7 nitrogen and oxygen atoms in total. The quantitative estimate of drug-likeness (QED) is 0.846. The molecule has 0 radical (unpaired) electrons. The minimum absolute atomic E-state index is 0.160. The zero-order valence-corrected chi connectivity index (χ0v) is 15.5. The minimum Gasteiger partial charge on any atom is -0.361 e. The molecule has 0 aromatic carbocycles. The van der Waals surface area contributed by atoms with Gasteiger partial charge >= 0.3 is 0 Å². The van der Waals surface area contributed by atoms with Crippen LogP contribution in [-0.2, 0) is 18.4 Å². The molecular formula is C18H27N5O2. The van der Waals surface area contributed by atoms with Gasteiger partial charge in [0, 0.05) is 51.2 Å². The molecule has 1 saturated heterocycles. The van der Waals surface area contributed by atoms with Gasteiger partial charge in [-0.1, -0.05) is 5.16 Å². The van der Waals surface area contributed by atoms with Gasteiger partial charge in [-0.05, 0) is 27.2 Å². The molecule has 1 fully saturated rings. The van der Waals surface area contributed by atoms with Crippen molar-refractivity contribution in [3.63, 3.8) is 0 Å². The summed E-state index contributed by atoms with van der Waals surface area (Å²) in [6, 6.07) is 0. The lowest BCUT2D eigenvalue weighted by atomic mass is 9.98. The molecule has 1 atom stereocenters. The molecule has 0 spiro atoms. The molecule has 0 saturated carbocycles. The Hall–Kier alpha value is -2.15. The van der Waals surface area contributed by atoms with Gasteiger partial charge in [0.15, 0.2) is 0 Å². The van der Waals surface area contributed by atoms with E-state index in [9.17, 15) is 4.79 Å². The Morgan fingerprint density at radius 2 is 2.08 bits per heavy atom. The third-order valence-corrected chi connectivity index (χ3v) is 5.08. The van der Waals surface area contributed by atoms with E-state index < -0.39 is 0 Å². The van der Waals surface area contributed by atoms with Gasteiger partial charge in [-0.15, -0.1) is 0 Å². The molecule has 0 bridgehead atoms. The summed E-state index contributed by atoms with van der Waals surface area (Å²) in [5, 5.41) is 3.98. The lowest BCUT2D eigenvalue weighted by molar-refractivity contribution is -0.132. The lowest BCUT2D eigenvalue weighted by Crippen LogP contribution is -2.37. The fourth-order valence-electron chi connectivity index (χ4n) is 3.60. The van der Waals surface area contributed by atoms with E-state index in [1.165, 1.54) is 0 Å². The van der Waals surface area contributed by atoms with Crippen LogP contribution < -0.4 is 0 Å². The van der Waals surface area contributed by atoms with Crippen LogP contribution in [0.2, 0.25) is 0 Å². The van der Waals surface area contributed by atoms with Crippen LogP contribution in [0.1, 0.15) is 42.1 Å². The van der Waals surface area contributed by atoms with Gasteiger partial charge in [0.05, 0.1) is 18.2 Å². The third kappa shape index (κ3) is 3.76. The molecule has 2 aromatic heterocycles. The summed E-state index contributed by atoms with van der Waals surface area (Å²) in [4.78, 5) is 21.7. The van der Waals surface area contributed by atoms with E-state index in [1.807, 2.05) is 49.7 Å². The van der Waals surface area contributed by atoms with Crippen molar-refractivity contribution in [1.29, 1.82) is 0 Å². The fourth-order valence-corrected chi connectivity index (χ4v) is 3.60. The number of rotatable bonds is 4. The average Bonchev–Trinajstić information content (AvgIpc) is 3.04. The number of imidazole rings is 1. The normalized spacial score (nSPS) is 17.5. The smallest absolute Gasteiger partial charge is 0.230 e. The molecule has 0 N–H and O–H groups in total. The van der Waals surface area contributed by atoms with Crippen molar-refractivity contribution in [3.05, 3.63) is 35.2 Å². The van der Waals surface area contributed by atoms with Crippen LogP contribution in [0.25, 0.3) is 0 Å². The first-order valence-electron chi connectivity index (χ1n) is 8.87. The van der Waals surface area contributed by atoms with Crippen LogP contribution in [-0.4, -0.2) is 56.6 Å². The van der Waals surface area contributed by atoms with Crippen LogP contribution in [0.5, 0.6) is 0 Å². The summed E-state index contributed by atoms with van der Waals surface area (Å²) in [5.74, 6) is 1.74. The molecule has 25 heavy (non-hydrogen) atoms. The molecule has 136 valence electrons. The van der Waals surface area contributed by atoms with Crippen LogP contribution in [0.3, 0.4) is 0 Å². The molecule has 3 heterocycles. The first-order valence-corrected chi connectivity index (χ1v) is 8.87. The summed E-state index contributed by atoms with van der Waals surface area (Å²) >= 11 is 0. The van der Waals surface area contributed by atoms with E-state index in [4.69, 9.17) is 4.52 Å². The number of amides is 1. The molecule has 1 aliphatic heterocycles. The molecule has 1 aliphatic rings. The Morgan fingerprint density at radius 3 is 2.72 bits per heavy atom. The number of carbonyl (C=O) groups excluding carboxylic acids is 1. The monoisotopic (exact) mass is 345 g/mol. The van der Waals surface area contributed by atoms with Crippen molar-refractivity contribution in [2.24, 2.45) is 7.05 Å². The maximum absolute atomic E-state index is 13.0. The van der Waals surface area contributed by atoms with E-state index in [2.05, 4.69) is 15.0 Å². The topological polar surface area (TPSA) is 67.4 Å². The first-order chi connectivity index (χ1) is 12.0. The standard InChI is InChI=1S/C18H27N5O2/c1-13(17-14(2)20-25-15(17)3)18(24)23-8-5-7-22(10-11-23)12-16-19-6-9-21(16)4/h6,9,13H,5,7-8,10-12H2,1-4H3/t13-/m0/s1. The first kappa shape index (κ1) is 17.7. The number of aryl methyl sites for hydroxylation is 3. The van der Waals surface area contributed by atoms with E-state index in [0.717, 1.165) is 62.0 Å². The Balaban J connectivity index is 1.62. The predicted molar refractivity (Wildman–Crippen MR) is 94.1 cm³/mol. The van der Waals surface area contributed by atoms with Gasteiger partial charge in [0.1, 0.15) is 11.6 Å². The average molecular weight is 345 g/mol. The molecule has 2 aromatic rings. The van der Waals surface area contributed by atoms with Crippen molar-refractivity contribution in [1.82, 2.24) is 24.5 Å². The van der Waals surface area contributed by atoms with Crippen molar-refractivity contribution in [2.45, 2.75) is 39.7 Å². The lowest BCUT2D eigenvalue weighted by Gasteiger charge is -2.24. The highest BCUT2D eigenvalue weighted by Crippen LogP contribution is 2.25. The second-order valence-corrected chi connectivity index (χ2v) is 6.87. The highest BCUT2D eigenvalue weighted by Gasteiger charge is 2.28. The Labute approximate surface area is 148 Å². The Kier molecular flexibility index (Phi) is 5.22. The fraction of sp³-hybridized carbons (Fsp3) is 0.611. The molecule has 3 rings (SSSR count). The third-order valence-electron chi connectivity index (χ3n) is 5.08. The molecular weight excluding hydrogens is 318 g/mol. The molecule has 0 unspecified atom stereocenters. The Morgan fingerprint density at radius 1 is 1.28 bits per heavy atom. The maximum atomic E-state index is 13.0. The van der Waals surface area contributed by atoms with Gasteiger partial charge in [-0.2, -0.15) is 0 Å². The summed E-state index contributed by atoms with van der Waals surface area (Å²) < 4.78 is 7.28. The summed E-state index contributed by atoms with van der Waals surface area (Å²) in [6.07, 6.45) is 4.77. The largest absolute Gasteiger partial charge is 0.361 e. The number of nitrogens with zero attached hydrogens (tertiary/aromatic N) is 5. The van der Waals surface area contributed by atoms with E-state index in [0.29, 0.717) is 0 Å². The van der Waals surface area contributed by atoms with E-state index in [-0.39, 0.29) is 11.8 Å². The number of carbonyl (C=O) groups is 1. The maximum Gasteiger partial charge on any atom is 0.230 e. The van der Waals surface area contributed by atoms with Gasteiger partial charge in [-0.25, -0.2) is 4.98 Å². The van der Waals surface area contributed by atoms with Crippen molar-refractivity contribution >= 4 is 5.91 Å². The summed E-state index contributed by atoms with van der Waals surface area (Å²) in [7, 11) is 2.02. The van der Waals surface area contributed by atoms with E-state index in [1.54, 1.807) is 0 Å².